The highest BCUT2D eigenvalue weighted by atomic mass is 16.5. The molecular formula is C29H32O4. The molecule has 0 bridgehead atoms. The van der Waals surface area contributed by atoms with Crippen LogP contribution in [0.3, 0.4) is 0 Å². The Morgan fingerprint density at radius 3 is 2.06 bits per heavy atom. The molecule has 1 fully saturated rings. The van der Waals surface area contributed by atoms with Crippen LogP contribution in [0.5, 0.6) is 0 Å². The molecule has 2 aromatic rings. The van der Waals surface area contributed by atoms with E-state index in [-0.39, 0.29) is 5.78 Å². The zero-order valence-electron chi connectivity index (χ0n) is 19.7. The summed E-state index contributed by atoms with van der Waals surface area (Å²) in [5, 5.41) is 0. The number of hydrogen-bond donors (Lipinski definition) is 0. The molecule has 1 aliphatic heterocycles. The van der Waals surface area contributed by atoms with Crippen LogP contribution < -0.4 is 0 Å². The Morgan fingerprint density at radius 2 is 1.45 bits per heavy atom. The average Bonchev–Trinajstić information content (AvgIpc) is 3.40. The van der Waals surface area contributed by atoms with Gasteiger partial charge in [-0.2, -0.15) is 0 Å². The fourth-order valence-electron chi connectivity index (χ4n) is 6.35. The van der Waals surface area contributed by atoms with E-state index < -0.39 is 21.8 Å². The molecule has 4 nitrogen and oxygen atoms in total. The number of carbonyl (C=O) groups is 1. The Kier molecular flexibility index (Phi) is 5.34. The van der Waals surface area contributed by atoms with Gasteiger partial charge in [-0.15, -0.1) is 0 Å². The molecule has 1 saturated carbocycles. The second kappa shape index (κ2) is 7.96. The first kappa shape index (κ1) is 22.1. The lowest BCUT2D eigenvalue weighted by Gasteiger charge is -2.48. The van der Waals surface area contributed by atoms with E-state index in [1.165, 1.54) is 0 Å². The minimum atomic E-state index is -0.765. The molecule has 1 heterocycles. The van der Waals surface area contributed by atoms with Crippen molar-refractivity contribution in [3.63, 3.8) is 0 Å². The van der Waals surface area contributed by atoms with Crippen molar-refractivity contribution >= 4 is 5.78 Å². The van der Waals surface area contributed by atoms with Gasteiger partial charge in [0.25, 0.3) is 0 Å². The lowest BCUT2D eigenvalue weighted by atomic mass is 9.61. The summed E-state index contributed by atoms with van der Waals surface area (Å²) in [4.78, 5) is 14.3. The van der Waals surface area contributed by atoms with Crippen molar-refractivity contribution in [3.05, 3.63) is 95.8 Å². The molecule has 5 rings (SSSR count). The summed E-state index contributed by atoms with van der Waals surface area (Å²) in [6.45, 7) is 7.95. The number of rotatable bonds is 8. The molecule has 4 atom stereocenters. The van der Waals surface area contributed by atoms with Gasteiger partial charge in [0.05, 0.1) is 38.1 Å². The van der Waals surface area contributed by atoms with Crippen LogP contribution in [0.2, 0.25) is 0 Å². The van der Waals surface area contributed by atoms with Crippen LogP contribution in [0.25, 0.3) is 0 Å². The Balaban J connectivity index is 1.45. The topological polar surface area (TPSA) is 44.8 Å². The largest absolute Gasteiger partial charge is 0.492 e. The Labute approximate surface area is 196 Å². The van der Waals surface area contributed by atoms with Crippen LogP contribution >= 0.6 is 0 Å². The number of Topliss-reactive ketones (excluding diaryl/α,β-unsaturated/α-hetero) is 1. The molecule has 0 unspecified atom stereocenters. The van der Waals surface area contributed by atoms with E-state index >= 15 is 0 Å². The van der Waals surface area contributed by atoms with Gasteiger partial charge < -0.3 is 14.2 Å². The van der Waals surface area contributed by atoms with Gasteiger partial charge in [-0.05, 0) is 31.1 Å². The molecule has 2 aliphatic carbocycles. The van der Waals surface area contributed by atoms with Gasteiger partial charge in [0.2, 0.25) is 0 Å². The van der Waals surface area contributed by atoms with Gasteiger partial charge in [-0.25, -0.2) is 0 Å². The third-order valence-electron chi connectivity index (χ3n) is 8.52. The summed E-state index contributed by atoms with van der Waals surface area (Å²) in [5.74, 6) is 0.175. The summed E-state index contributed by atoms with van der Waals surface area (Å²) in [6, 6.07) is 20.2. The highest BCUT2D eigenvalue weighted by Gasteiger charge is 2.82. The van der Waals surface area contributed by atoms with Gasteiger partial charge in [0, 0.05) is 11.8 Å². The molecule has 3 aliphatic rings. The van der Waals surface area contributed by atoms with Crippen molar-refractivity contribution < 1.29 is 19.0 Å². The van der Waals surface area contributed by atoms with Gasteiger partial charge in [0.15, 0.2) is 5.78 Å². The van der Waals surface area contributed by atoms with Crippen LogP contribution in [0.4, 0.5) is 0 Å². The summed E-state index contributed by atoms with van der Waals surface area (Å²) in [7, 11) is 0. The second-order valence-electron chi connectivity index (χ2n) is 10.1. The van der Waals surface area contributed by atoms with E-state index in [1.54, 1.807) is 6.26 Å². The van der Waals surface area contributed by atoms with E-state index in [4.69, 9.17) is 14.2 Å². The molecule has 4 heteroatoms. The molecule has 0 radical (unpaired) electrons. The molecule has 2 aromatic carbocycles. The maximum Gasteiger partial charge on any atom is 0.160 e. The molecule has 0 aromatic heterocycles. The summed E-state index contributed by atoms with van der Waals surface area (Å²) in [5.41, 5.74) is 0.507. The first-order valence-corrected chi connectivity index (χ1v) is 11.7. The van der Waals surface area contributed by atoms with Gasteiger partial charge >= 0.3 is 0 Å². The van der Waals surface area contributed by atoms with E-state index in [0.29, 0.717) is 32.8 Å². The highest BCUT2D eigenvalue weighted by molar-refractivity contribution is 6.01. The van der Waals surface area contributed by atoms with Crippen molar-refractivity contribution in [1.82, 2.24) is 0 Å². The number of benzene rings is 2. The van der Waals surface area contributed by atoms with Crippen molar-refractivity contribution in [2.75, 3.05) is 13.2 Å². The summed E-state index contributed by atoms with van der Waals surface area (Å²) >= 11 is 0. The molecule has 0 saturated heterocycles. The second-order valence-corrected chi connectivity index (χ2v) is 10.1. The fourth-order valence-corrected chi connectivity index (χ4v) is 6.35. The third kappa shape index (κ3) is 2.93. The Hall–Kier alpha value is -2.69. The number of ketones is 1. The monoisotopic (exact) mass is 444 g/mol. The smallest absolute Gasteiger partial charge is 0.160 e. The van der Waals surface area contributed by atoms with Gasteiger partial charge in [0.1, 0.15) is 11.0 Å². The quantitative estimate of drug-likeness (QED) is 0.495. The molecule has 172 valence electrons. The minimum absolute atomic E-state index is 0.175. The lowest BCUT2D eigenvalue weighted by molar-refractivity contribution is -0.162. The number of carbonyl (C=O) groups excluding carboxylic acids is 1. The predicted molar refractivity (Wildman–Crippen MR) is 127 cm³/mol. The van der Waals surface area contributed by atoms with Gasteiger partial charge in [-0.1, -0.05) is 79.2 Å². The average molecular weight is 445 g/mol. The molecule has 33 heavy (non-hydrogen) atoms. The summed E-state index contributed by atoms with van der Waals surface area (Å²) < 4.78 is 18.9. The zero-order chi connectivity index (χ0) is 23.2. The van der Waals surface area contributed by atoms with Crippen molar-refractivity contribution in [2.45, 2.75) is 46.0 Å². The fraction of sp³-hybridized carbons (Fsp3) is 0.414. The van der Waals surface area contributed by atoms with E-state index in [9.17, 15) is 4.79 Å². The van der Waals surface area contributed by atoms with Crippen molar-refractivity contribution in [2.24, 2.45) is 16.2 Å². The van der Waals surface area contributed by atoms with Crippen LogP contribution in [-0.4, -0.2) is 24.6 Å². The van der Waals surface area contributed by atoms with E-state index in [0.717, 1.165) is 16.7 Å². The van der Waals surface area contributed by atoms with E-state index in [2.05, 4.69) is 32.1 Å². The first-order chi connectivity index (χ1) is 15.9. The Morgan fingerprint density at radius 1 is 0.879 bits per heavy atom. The van der Waals surface area contributed by atoms with Crippen LogP contribution in [0.1, 0.15) is 38.3 Å². The van der Waals surface area contributed by atoms with Crippen molar-refractivity contribution in [1.29, 1.82) is 0 Å². The standard InChI is InChI=1S/C29H32O4/c1-22-14-15-29-27(3,21-32-19-24-12-8-5-9-13-24)26(2,25(30)28(22,29)16-17-33-29)20-31-18-23-10-6-4-7-11-23/h4-14,16-17H,15,18-21H2,1-3H3/t26-,27-,28+,29+/m1/s1. The number of hydrogen-bond acceptors (Lipinski definition) is 4. The van der Waals surface area contributed by atoms with Crippen LogP contribution in [-0.2, 0) is 32.2 Å². The number of ether oxygens (including phenoxy) is 3. The molecule has 0 amide bonds. The first-order valence-electron chi connectivity index (χ1n) is 11.7. The molecule has 0 N–H and O–H groups in total. The third-order valence-corrected chi connectivity index (χ3v) is 8.52. The lowest BCUT2D eigenvalue weighted by Crippen LogP contribution is -2.56. The van der Waals surface area contributed by atoms with Crippen LogP contribution in [0, 0.1) is 16.2 Å². The predicted octanol–water partition coefficient (Wildman–Crippen LogP) is 5.63. The summed E-state index contributed by atoms with van der Waals surface area (Å²) in [6.07, 6.45) is 6.57. The van der Waals surface area contributed by atoms with Crippen molar-refractivity contribution in [3.8, 4) is 0 Å². The van der Waals surface area contributed by atoms with E-state index in [1.807, 2.05) is 61.5 Å². The highest BCUT2D eigenvalue weighted by Crippen LogP contribution is 2.73. The maximum atomic E-state index is 14.3. The SMILES string of the molecule is CC1=CC[C@@]23OC=C[C@@]12C(=O)[C@@](C)(COCc1ccccc1)[C@@]3(C)COCc1ccccc1. The zero-order valence-corrected chi connectivity index (χ0v) is 19.7. The minimum Gasteiger partial charge on any atom is -0.492 e. The molecular weight excluding hydrogens is 412 g/mol. The van der Waals surface area contributed by atoms with Crippen LogP contribution in [0.15, 0.2) is 84.7 Å². The van der Waals surface area contributed by atoms with Gasteiger partial charge in [-0.3, -0.25) is 4.79 Å². The molecule has 0 spiro atoms. The normalized spacial score (nSPS) is 34.2. The maximum absolute atomic E-state index is 14.3. The Bertz CT molecular complexity index is 1090.